The molecule has 158 valence electrons. The molecule has 3 heterocycles. The average molecular weight is 434 g/mol. The summed E-state index contributed by atoms with van der Waals surface area (Å²) in [5, 5.41) is 6.02. The maximum atomic E-state index is 13.1. The highest BCUT2D eigenvalue weighted by atomic mass is 32.2. The van der Waals surface area contributed by atoms with E-state index < -0.39 is 11.9 Å². The van der Waals surface area contributed by atoms with Crippen LogP contribution in [0, 0.1) is 0 Å². The minimum atomic E-state index is -4.51. The zero-order valence-electron chi connectivity index (χ0n) is 16.1. The van der Waals surface area contributed by atoms with E-state index in [1.807, 2.05) is 23.1 Å². The molecular weight excluding hydrogens is 413 g/mol. The van der Waals surface area contributed by atoms with Crippen molar-refractivity contribution in [2.45, 2.75) is 30.3 Å². The number of hydrogen-bond donors (Lipinski definition) is 2. The van der Waals surface area contributed by atoms with Crippen LogP contribution >= 0.6 is 11.8 Å². The molecule has 1 aromatic heterocycles. The van der Waals surface area contributed by atoms with E-state index in [-0.39, 0.29) is 11.7 Å². The number of nitrogens with zero attached hydrogens (tertiary/aromatic N) is 2. The number of halogens is 3. The van der Waals surface area contributed by atoms with Gasteiger partial charge >= 0.3 is 6.18 Å². The lowest BCUT2D eigenvalue weighted by Gasteiger charge is -2.29. The van der Waals surface area contributed by atoms with E-state index in [2.05, 4.69) is 15.6 Å². The number of hydrogen-bond acceptors (Lipinski definition) is 5. The monoisotopic (exact) mass is 434 g/mol. The summed E-state index contributed by atoms with van der Waals surface area (Å²) in [6, 6.07) is 7.94. The molecule has 0 atom stereocenters. The quantitative estimate of drug-likeness (QED) is 0.647. The Labute approximate surface area is 176 Å². The van der Waals surface area contributed by atoms with Gasteiger partial charge in [-0.25, -0.2) is 4.98 Å². The number of alkyl halides is 3. The molecule has 2 aromatic rings. The van der Waals surface area contributed by atoms with Crippen LogP contribution < -0.4 is 15.5 Å². The van der Waals surface area contributed by atoms with E-state index in [4.69, 9.17) is 0 Å². The summed E-state index contributed by atoms with van der Waals surface area (Å²) in [6.45, 7) is 1.31. The van der Waals surface area contributed by atoms with Crippen LogP contribution in [0.3, 0.4) is 0 Å². The fourth-order valence-electron chi connectivity index (χ4n) is 3.51. The number of rotatable bonds is 4. The van der Waals surface area contributed by atoms with E-state index >= 15 is 0 Å². The average Bonchev–Trinajstić information content (AvgIpc) is 3.20. The maximum absolute atomic E-state index is 13.1. The second-order valence-corrected chi connectivity index (χ2v) is 8.17. The van der Waals surface area contributed by atoms with Crippen molar-refractivity contribution in [2.24, 2.45) is 0 Å². The van der Waals surface area contributed by atoms with Crippen LogP contribution in [-0.4, -0.2) is 29.9 Å². The summed E-state index contributed by atoms with van der Waals surface area (Å²) in [4.78, 5) is 19.2. The molecule has 2 aliphatic heterocycles. The Bertz CT molecular complexity index is 971. The summed E-state index contributed by atoms with van der Waals surface area (Å²) < 4.78 is 39.4. The zero-order chi connectivity index (χ0) is 21.1. The molecule has 4 rings (SSSR count). The lowest BCUT2D eigenvalue weighted by molar-refractivity contribution is -0.141. The number of aromatic nitrogens is 1. The minimum absolute atomic E-state index is 0.272. The molecular formula is C21H21F3N4OS. The third kappa shape index (κ3) is 4.72. The molecule has 0 bridgehead atoms. The van der Waals surface area contributed by atoms with E-state index in [0.29, 0.717) is 24.3 Å². The SMILES string of the molecule is O=C(/C=C/c1ccc(C(F)(F)F)nc1N1CCCCC1)Nc1ccc2c(c1)SCN2. The Morgan fingerprint density at radius 3 is 2.73 bits per heavy atom. The standard InChI is InChI=1S/C21H21F3N4OS/c22-21(23,24)18-8-4-14(20(27-18)28-10-2-1-3-11-28)5-9-19(29)26-15-6-7-16-17(12-15)30-13-25-16/h4-9,12,25H,1-3,10-11,13H2,(H,26,29)/b9-5+. The number of fused-ring (bicyclic) bond motifs is 1. The van der Waals surface area contributed by atoms with Crippen LogP contribution in [0.4, 0.5) is 30.4 Å². The summed E-state index contributed by atoms with van der Waals surface area (Å²) in [5.74, 6) is 0.719. The van der Waals surface area contributed by atoms with Gasteiger partial charge in [0, 0.05) is 41.0 Å². The van der Waals surface area contributed by atoms with Crippen molar-refractivity contribution in [3.63, 3.8) is 0 Å². The lowest BCUT2D eigenvalue weighted by atomic mass is 10.1. The molecule has 1 saturated heterocycles. The number of carbonyl (C=O) groups excluding carboxylic acids is 1. The number of amides is 1. The number of benzene rings is 1. The number of thioether (sulfide) groups is 1. The molecule has 0 spiro atoms. The summed E-state index contributed by atoms with van der Waals surface area (Å²) in [6.07, 6.45) is 1.22. The molecule has 5 nitrogen and oxygen atoms in total. The molecule has 0 aliphatic carbocycles. The molecule has 1 aromatic carbocycles. The largest absolute Gasteiger partial charge is 0.433 e. The Hall–Kier alpha value is -2.68. The first-order valence-corrected chi connectivity index (χ1v) is 10.7. The zero-order valence-corrected chi connectivity index (χ0v) is 16.9. The van der Waals surface area contributed by atoms with Crippen LogP contribution in [0.1, 0.15) is 30.5 Å². The molecule has 2 N–H and O–H groups in total. The van der Waals surface area contributed by atoms with Crippen LogP contribution in [0.5, 0.6) is 0 Å². The van der Waals surface area contributed by atoms with Crippen molar-refractivity contribution in [3.8, 4) is 0 Å². The number of pyridine rings is 1. The number of piperidine rings is 1. The Balaban J connectivity index is 1.53. The van der Waals surface area contributed by atoms with Gasteiger partial charge in [0.25, 0.3) is 0 Å². The number of anilines is 3. The highest BCUT2D eigenvalue weighted by Crippen LogP contribution is 2.35. The molecule has 0 radical (unpaired) electrons. The van der Waals surface area contributed by atoms with Gasteiger partial charge in [-0.15, -0.1) is 11.8 Å². The summed E-state index contributed by atoms with van der Waals surface area (Å²) in [5.41, 5.74) is 1.28. The molecule has 0 unspecified atom stereocenters. The van der Waals surface area contributed by atoms with Crippen molar-refractivity contribution in [2.75, 3.05) is 34.5 Å². The van der Waals surface area contributed by atoms with E-state index in [1.165, 1.54) is 18.2 Å². The van der Waals surface area contributed by atoms with Crippen LogP contribution in [0.15, 0.2) is 41.3 Å². The first-order valence-electron chi connectivity index (χ1n) is 9.73. The highest BCUT2D eigenvalue weighted by Gasteiger charge is 2.33. The van der Waals surface area contributed by atoms with Gasteiger partial charge in [0.05, 0.1) is 5.88 Å². The fraction of sp³-hybridized carbons (Fsp3) is 0.333. The smallest absolute Gasteiger partial charge is 0.375 e. The van der Waals surface area contributed by atoms with Gasteiger partial charge in [0.1, 0.15) is 11.5 Å². The van der Waals surface area contributed by atoms with Gasteiger partial charge in [-0.05, 0) is 55.7 Å². The molecule has 9 heteroatoms. The first kappa shape index (κ1) is 20.6. The second-order valence-electron chi connectivity index (χ2n) is 7.15. The van der Waals surface area contributed by atoms with Crippen molar-refractivity contribution in [1.82, 2.24) is 4.98 Å². The van der Waals surface area contributed by atoms with Gasteiger partial charge in [0.15, 0.2) is 0 Å². The van der Waals surface area contributed by atoms with Crippen LogP contribution in [-0.2, 0) is 11.0 Å². The van der Waals surface area contributed by atoms with Crippen molar-refractivity contribution < 1.29 is 18.0 Å². The summed E-state index contributed by atoms with van der Waals surface area (Å²) in [7, 11) is 0. The number of nitrogens with one attached hydrogen (secondary N) is 2. The predicted octanol–water partition coefficient (Wildman–Crippen LogP) is 5.22. The molecule has 30 heavy (non-hydrogen) atoms. The highest BCUT2D eigenvalue weighted by molar-refractivity contribution is 7.99. The minimum Gasteiger partial charge on any atom is -0.375 e. The fourth-order valence-corrected chi connectivity index (χ4v) is 4.40. The molecule has 0 saturated carbocycles. The first-order chi connectivity index (χ1) is 14.4. The van der Waals surface area contributed by atoms with Gasteiger partial charge in [-0.1, -0.05) is 0 Å². The van der Waals surface area contributed by atoms with Gasteiger partial charge in [-0.2, -0.15) is 13.2 Å². The van der Waals surface area contributed by atoms with Crippen molar-refractivity contribution >= 4 is 40.9 Å². The predicted molar refractivity (Wildman–Crippen MR) is 114 cm³/mol. The van der Waals surface area contributed by atoms with Crippen LogP contribution in [0.25, 0.3) is 6.08 Å². The number of carbonyl (C=O) groups is 1. The topological polar surface area (TPSA) is 57.3 Å². The molecule has 1 amide bonds. The maximum Gasteiger partial charge on any atom is 0.433 e. The summed E-state index contributed by atoms with van der Waals surface area (Å²) >= 11 is 1.65. The normalized spacial score (nSPS) is 16.4. The van der Waals surface area contributed by atoms with Gasteiger partial charge < -0.3 is 15.5 Å². The van der Waals surface area contributed by atoms with Gasteiger partial charge in [0.2, 0.25) is 5.91 Å². The van der Waals surface area contributed by atoms with E-state index in [0.717, 1.165) is 41.8 Å². The van der Waals surface area contributed by atoms with Crippen LogP contribution in [0.2, 0.25) is 0 Å². The van der Waals surface area contributed by atoms with Gasteiger partial charge in [-0.3, -0.25) is 4.79 Å². The van der Waals surface area contributed by atoms with Crippen molar-refractivity contribution in [1.29, 1.82) is 0 Å². The van der Waals surface area contributed by atoms with Crippen molar-refractivity contribution in [3.05, 3.63) is 47.7 Å². The Morgan fingerprint density at radius 1 is 1.17 bits per heavy atom. The molecule has 1 fully saturated rings. The third-order valence-corrected chi connectivity index (χ3v) is 5.94. The van der Waals surface area contributed by atoms with E-state index in [1.54, 1.807) is 11.8 Å². The second kappa shape index (κ2) is 8.59. The Kier molecular flexibility index (Phi) is 5.90. The third-order valence-electron chi connectivity index (χ3n) is 5.01. The Morgan fingerprint density at radius 2 is 1.97 bits per heavy atom. The molecule has 2 aliphatic rings. The lowest BCUT2D eigenvalue weighted by Crippen LogP contribution is -2.31. The van der Waals surface area contributed by atoms with E-state index in [9.17, 15) is 18.0 Å².